The summed E-state index contributed by atoms with van der Waals surface area (Å²) in [6.07, 6.45) is 2.32. The van der Waals surface area contributed by atoms with Crippen LogP contribution in [-0.4, -0.2) is 0 Å². The van der Waals surface area contributed by atoms with Crippen molar-refractivity contribution in [1.29, 1.82) is 0 Å². The summed E-state index contributed by atoms with van der Waals surface area (Å²) in [5, 5.41) is 2.65. The van der Waals surface area contributed by atoms with Gasteiger partial charge in [-0.3, -0.25) is 0 Å². The zero-order chi connectivity index (χ0) is 13.1. The molecule has 0 aliphatic rings. The molecule has 0 radical (unpaired) electrons. The fraction of sp³-hybridized carbons (Fsp3) is 0.158. The Morgan fingerprint density at radius 1 is 0.684 bits per heavy atom. The van der Waals surface area contributed by atoms with Gasteiger partial charge in [-0.1, -0.05) is 80.1 Å². The topological polar surface area (TPSA) is 0 Å². The first-order valence-corrected chi connectivity index (χ1v) is 6.96. The standard InChI is InChI=1S/C19H18/c1-2-8-15-9-3-5-12-17(15)19-14-7-11-16-10-4-6-13-18(16)19/h3-7,9-14H,2,8H2,1H3. The van der Waals surface area contributed by atoms with Gasteiger partial charge in [0.2, 0.25) is 0 Å². The zero-order valence-corrected chi connectivity index (χ0v) is 11.3. The minimum absolute atomic E-state index is 1.14. The van der Waals surface area contributed by atoms with E-state index in [9.17, 15) is 0 Å². The molecular formula is C19H18. The third-order valence-corrected chi connectivity index (χ3v) is 3.62. The predicted molar refractivity (Wildman–Crippen MR) is 83.4 cm³/mol. The van der Waals surface area contributed by atoms with E-state index in [1.54, 1.807) is 0 Å². The summed E-state index contributed by atoms with van der Waals surface area (Å²) in [7, 11) is 0. The SMILES string of the molecule is CCCc1ccccc1-c1cccc2ccccc12. The lowest BCUT2D eigenvalue weighted by Crippen LogP contribution is -1.90. The fourth-order valence-electron chi connectivity index (χ4n) is 2.73. The van der Waals surface area contributed by atoms with Crippen LogP contribution in [0.1, 0.15) is 18.9 Å². The molecule has 0 aromatic heterocycles. The van der Waals surface area contributed by atoms with Gasteiger partial charge >= 0.3 is 0 Å². The van der Waals surface area contributed by atoms with Gasteiger partial charge in [-0.15, -0.1) is 0 Å². The van der Waals surface area contributed by atoms with Crippen LogP contribution in [0.2, 0.25) is 0 Å². The molecule has 0 bridgehead atoms. The van der Waals surface area contributed by atoms with Crippen molar-refractivity contribution in [2.24, 2.45) is 0 Å². The minimum Gasteiger partial charge on any atom is -0.0651 e. The van der Waals surface area contributed by atoms with E-state index >= 15 is 0 Å². The third kappa shape index (κ3) is 2.26. The number of hydrogen-bond acceptors (Lipinski definition) is 0. The van der Waals surface area contributed by atoms with Crippen LogP contribution in [0.25, 0.3) is 21.9 Å². The smallest absolute Gasteiger partial charge is 0.0103 e. The van der Waals surface area contributed by atoms with Crippen molar-refractivity contribution in [3.63, 3.8) is 0 Å². The molecule has 94 valence electrons. The van der Waals surface area contributed by atoms with Crippen molar-refractivity contribution in [2.45, 2.75) is 19.8 Å². The Labute approximate surface area is 114 Å². The number of hydrogen-bond donors (Lipinski definition) is 0. The summed E-state index contributed by atoms with van der Waals surface area (Å²) in [6, 6.07) is 24.0. The second kappa shape index (κ2) is 5.27. The largest absolute Gasteiger partial charge is 0.0651 e. The molecule has 3 aromatic carbocycles. The van der Waals surface area contributed by atoms with Crippen LogP contribution >= 0.6 is 0 Å². The minimum atomic E-state index is 1.14. The van der Waals surface area contributed by atoms with Gasteiger partial charge in [0.25, 0.3) is 0 Å². The molecule has 0 saturated carbocycles. The van der Waals surface area contributed by atoms with Gasteiger partial charge < -0.3 is 0 Å². The zero-order valence-electron chi connectivity index (χ0n) is 11.3. The molecule has 0 aliphatic carbocycles. The second-order valence-electron chi connectivity index (χ2n) is 4.93. The number of rotatable bonds is 3. The van der Waals surface area contributed by atoms with Gasteiger partial charge in [-0.2, -0.15) is 0 Å². The summed E-state index contributed by atoms with van der Waals surface area (Å²) >= 11 is 0. The molecule has 0 atom stereocenters. The van der Waals surface area contributed by atoms with Gasteiger partial charge in [0, 0.05) is 0 Å². The monoisotopic (exact) mass is 246 g/mol. The van der Waals surface area contributed by atoms with Crippen molar-refractivity contribution in [2.75, 3.05) is 0 Å². The van der Waals surface area contributed by atoms with Gasteiger partial charge in [0.15, 0.2) is 0 Å². The second-order valence-corrected chi connectivity index (χ2v) is 4.93. The molecule has 0 unspecified atom stereocenters. The lowest BCUT2D eigenvalue weighted by molar-refractivity contribution is 0.924. The molecule has 0 fully saturated rings. The lowest BCUT2D eigenvalue weighted by Gasteiger charge is -2.11. The van der Waals surface area contributed by atoms with Gasteiger partial charge in [-0.05, 0) is 33.9 Å². The molecule has 0 heteroatoms. The highest BCUT2D eigenvalue weighted by atomic mass is 14.1. The Bertz CT molecular complexity index is 690. The Morgan fingerprint density at radius 2 is 1.37 bits per heavy atom. The molecule has 0 heterocycles. The van der Waals surface area contributed by atoms with E-state index in [2.05, 4.69) is 73.7 Å². The van der Waals surface area contributed by atoms with Crippen LogP contribution in [0.3, 0.4) is 0 Å². The van der Waals surface area contributed by atoms with Crippen LogP contribution < -0.4 is 0 Å². The van der Waals surface area contributed by atoms with Gasteiger partial charge in [0.05, 0.1) is 0 Å². The third-order valence-electron chi connectivity index (χ3n) is 3.62. The Morgan fingerprint density at radius 3 is 2.26 bits per heavy atom. The van der Waals surface area contributed by atoms with Crippen LogP contribution in [0.5, 0.6) is 0 Å². The number of fused-ring (bicyclic) bond motifs is 1. The number of benzene rings is 3. The first kappa shape index (κ1) is 12.0. The predicted octanol–water partition coefficient (Wildman–Crippen LogP) is 5.46. The van der Waals surface area contributed by atoms with E-state index in [1.165, 1.54) is 33.9 Å². The maximum Gasteiger partial charge on any atom is -0.0103 e. The summed E-state index contributed by atoms with van der Waals surface area (Å²) < 4.78 is 0. The maximum atomic E-state index is 2.25. The highest BCUT2D eigenvalue weighted by Gasteiger charge is 2.07. The van der Waals surface area contributed by atoms with Crippen LogP contribution in [-0.2, 0) is 6.42 Å². The molecule has 3 aromatic rings. The van der Waals surface area contributed by atoms with Gasteiger partial charge in [0.1, 0.15) is 0 Å². The first-order valence-electron chi connectivity index (χ1n) is 6.96. The highest BCUT2D eigenvalue weighted by Crippen LogP contribution is 2.31. The van der Waals surface area contributed by atoms with Crippen LogP contribution in [0, 0.1) is 0 Å². The molecule has 3 rings (SSSR count). The maximum absolute atomic E-state index is 2.25. The molecule has 0 saturated heterocycles. The Balaban J connectivity index is 2.25. The van der Waals surface area contributed by atoms with Crippen molar-refractivity contribution >= 4 is 10.8 Å². The van der Waals surface area contributed by atoms with E-state index in [-0.39, 0.29) is 0 Å². The summed E-state index contributed by atoms with van der Waals surface area (Å²) in [5.41, 5.74) is 4.17. The van der Waals surface area contributed by atoms with Crippen LogP contribution in [0.4, 0.5) is 0 Å². The average molecular weight is 246 g/mol. The van der Waals surface area contributed by atoms with Crippen molar-refractivity contribution in [1.82, 2.24) is 0 Å². The molecule has 0 nitrogen and oxygen atoms in total. The molecule has 0 aliphatic heterocycles. The quantitative estimate of drug-likeness (QED) is 0.575. The highest BCUT2D eigenvalue weighted by molar-refractivity contribution is 5.97. The first-order chi connectivity index (χ1) is 9.40. The van der Waals surface area contributed by atoms with Gasteiger partial charge in [-0.25, -0.2) is 0 Å². The molecule has 0 N–H and O–H groups in total. The Hall–Kier alpha value is -2.08. The fourth-order valence-corrected chi connectivity index (χ4v) is 2.73. The summed E-state index contributed by atoms with van der Waals surface area (Å²) in [4.78, 5) is 0. The summed E-state index contributed by atoms with van der Waals surface area (Å²) in [5.74, 6) is 0. The molecular weight excluding hydrogens is 228 g/mol. The Kier molecular flexibility index (Phi) is 3.33. The van der Waals surface area contributed by atoms with E-state index in [0.717, 1.165) is 6.42 Å². The van der Waals surface area contributed by atoms with E-state index in [1.807, 2.05) is 0 Å². The number of aryl methyl sites for hydroxylation is 1. The average Bonchev–Trinajstić information content (AvgIpc) is 2.48. The lowest BCUT2D eigenvalue weighted by atomic mass is 9.93. The molecule has 0 amide bonds. The van der Waals surface area contributed by atoms with Crippen molar-refractivity contribution in [3.8, 4) is 11.1 Å². The van der Waals surface area contributed by atoms with E-state index in [0.29, 0.717) is 0 Å². The van der Waals surface area contributed by atoms with Crippen molar-refractivity contribution in [3.05, 3.63) is 72.3 Å². The molecule has 0 spiro atoms. The van der Waals surface area contributed by atoms with Crippen molar-refractivity contribution < 1.29 is 0 Å². The summed E-state index contributed by atoms with van der Waals surface area (Å²) in [6.45, 7) is 2.24. The van der Waals surface area contributed by atoms with E-state index in [4.69, 9.17) is 0 Å². The van der Waals surface area contributed by atoms with E-state index < -0.39 is 0 Å². The molecule has 19 heavy (non-hydrogen) atoms. The normalized spacial score (nSPS) is 10.8. The van der Waals surface area contributed by atoms with Crippen LogP contribution in [0.15, 0.2) is 66.7 Å².